The minimum absolute atomic E-state index is 0.0264. The number of nitrogens with one attached hydrogen (secondary N) is 1. The van der Waals surface area contributed by atoms with Gasteiger partial charge in [-0.15, -0.1) is 0 Å². The van der Waals surface area contributed by atoms with Crippen molar-refractivity contribution in [2.45, 2.75) is 6.18 Å². The maximum Gasteiger partial charge on any atom is 0.419 e. The lowest BCUT2D eigenvalue weighted by atomic mass is 10.0. The van der Waals surface area contributed by atoms with Crippen molar-refractivity contribution in [3.8, 4) is 16.9 Å². The molecule has 11 heteroatoms. The van der Waals surface area contributed by atoms with E-state index in [1.807, 2.05) is 0 Å². The van der Waals surface area contributed by atoms with E-state index in [1.54, 1.807) is 42.5 Å². The van der Waals surface area contributed by atoms with Gasteiger partial charge in [-0.25, -0.2) is 9.18 Å². The number of amides is 1. The number of phenols is 1. The molecular weight excluding hydrogens is 518 g/mol. The van der Waals surface area contributed by atoms with Crippen LogP contribution >= 0.6 is 0 Å². The number of halogens is 4. The highest BCUT2D eigenvalue weighted by Gasteiger charge is 2.38. The Hall–Kier alpha value is -5.19. The number of anilines is 3. The standard InChI is InChI=1S/C28H17F4N3O4/c29-21-14-17(11-12-20(21)28(30,31)32)35-23-10-2-1-7-19(23)24(26(35)37)34-33-22-9-4-8-18(25(22)36)15-5-3-6-16(13-15)27(38)39/h1-14,33,36H,(H,38,39)/b34-24-. The van der Waals surface area contributed by atoms with E-state index in [2.05, 4.69) is 10.5 Å². The minimum Gasteiger partial charge on any atom is -0.505 e. The number of carbonyl (C=O) groups is 2. The number of fused-ring (bicyclic) bond motifs is 1. The number of nitrogens with zero attached hydrogens (tertiary/aromatic N) is 2. The first-order valence-corrected chi connectivity index (χ1v) is 11.4. The van der Waals surface area contributed by atoms with E-state index in [9.17, 15) is 37.4 Å². The van der Waals surface area contributed by atoms with E-state index in [-0.39, 0.29) is 34.1 Å². The second kappa shape index (κ2) is 9.60. The quantitative estimate of drug-likeness (QED) is 0.156. The summed E-state index contributed by atoms with van der Waals surface area (Å²) in [4.78, 5) is 25.7. The van der Waals surface area contributed by atoms with Gasteiger partial charge in [0.1, 0.15) is 11.6 Å². The van der Waals surface area contributed by atoms with Gasteiger partial charge in [-0.05, 0) is 48.0 Å². The number of phenolic OH excluding ortho intramolecular Hbond substituents is 1. The zero-order chi connectivity index (χ0) is 27.9. The van der Waals surface area contributed by atoms with E-state index in [4.69, 9.17) is 0 Å². The summed E-state index contributed by atoms with van der Waals surface area (Å²) in [5.74, 6) is -3.65. The molecule has 0 saturated carbocycles. The molecule has 0 spiro atoms. The number of carboxylic acids is 1. The van der Waals surface area contributed by atoms with Crippen molar-refractivity contribution in [2.75, 3.05) is 10.3 Å². The summed E-state index contributed by atoms with van der Waals surface area (Å²) >= 11 is 0. The number of carboxylic acid groups (broad SMARTS) is 1. The van der Waals surface area contributed by atoms with Gasteiger partial charge in [0.05, 0.1) is 28.2 Å². The molecule has 1 heterocycles. The fourth-order valence-electron chi connectivity index (χ4n) is 4.24. The van der Waals surface area contributed by atoms with Gasteiger partial charge in [0.15, 0.2) is 5.71 Å². The molecule has 0 atom stereocenters. The molecule has 0 saturated heterocycles. The fourth-order valence-corrected chi connectivity index (χ4v) is 4.24. The van der Waals surface area contributed by atoms with Crippen LogP contribution in [-0.2, 0) is 11.0 Å². The summed E-state index contributed by atoms with van der Waals surface area (Å²) < 4.78 is 53.4. The Kier molecular flexibility index (Phi) is 6.27. The lowest BCUT2D eigenvalue weighted by molar-refractivity contribution is -0.140. The number of rotatable bonds is 5. The molecule has 0 unspecified atom stereocenters. The fraction of sp³-hybridized carbons (Fsp3) is 0.0357. The van der Waals surface area contributed by atoms with Crippen LogP contribution in [0, 0.1) is 5.82 Å². The molecule has 4 aromatic rings. The number of aromatic carboxylic acids is 1. The van der Waals surface area contributed by atoms with Crippen LogP contribution in [-0.4, -0.2) is 27.8 Å². The average molecular weight is 535 g/mol. The molecule has 0 fully saturated rings. The number of benzene rings is 4. The van der Waals surface area contributed by atoms with Gasteiger partial charge in [0.25, 0.3) is 5.91 Å². The molecule has 4 aromatic carbocycles. The van der Waals surface area contributed by atoms with Crippen molar-refractivity contribution in [2.24, 2.45) is 5.10 Å². The molecule has 196 valence electrons. The number of para-hydroxylation sites is 2. The summed E-state index contributed by atoms with van der Waals surface area (Å²) in [6.45, 7) is 0. The lowest BCUT2D eigenvalue weighted by Crippen LogP contribution is -2.26. The Morgan fingerprint density at radius 2 is 1.62 bits per heavy atom. The molecular formula is C28H17F4N3O4. The number of aromatic hydroxyl groups is 1. The van der Waals surface area contributed by atoms with Gasteiger partial charge < -0.3 is 10.2 Å². The highest BCUT2D eigenvalue weighted by Crippen LogP contribution is 2.40. The first-order chi connectivity index (χ1) is 18.6. The minimum atomic E-state index is -4.89. The van der Waals surface area contributed by atoms with E-state index < -0.39 is 29.4 Å². The summed E-state index contributed by atoms with van der Waals surface area (Å²) in [7, 11) is 0. The summed E-state index contributed by atoms with van der Waals surface area (Å²) in [5, 5.41) is 24.3. The third-order valence-electron chi connectivity index (χ3n) is 6.07. The van der Waals surface area contributed by atoms with Gasteiger partial charge in [-0.2, -0.15) is 18.3 Å². The van der Waals surface area contributed by atoms with Crippen molar-refractivity contribution >= 4 is 34.7 Å². The number of carbonyl (C=O) groups excluding carboxylic acids is 1. The van der Waals surface area contributed by atoms with Crippen molar-refractivity contribution < 1.29 is 37.4 Å². The number of hydrazone groups is 1. The van der Waals surface area contributed by atoms with Crippen LogP contribution in [0.2, 0.25) is 0 Å². The number of alkyl halides is 3. The SMILES string of the molecule is O=C(O)c1cccc(-c2cccc(N/N=C3\C(=O)N(c4ccc(C(F)(F)F)c(F)c4)c4ccccc43)c2O)c1. The van der Waals surface area contributed by atoms with Crippen LogP contribution in [0.5, 0.6) is 5.75 Å². The van der Waals surface area contributed by atoms with Crippen LogP contribution < -0.4 is 10.3 Å². The van der Waals surface area contributed by atoms with Gasteiger partial charge in [-0.3, -0.25) is 15.1 Å². The molecule has 0 aromatic heterocycles. The lowest BCUT2D eigenvalue weighted by Gasteiger charge is -2.18. The first kappa shape index (κ1) is 25.5. The smallest absolute Gasteiger partial charge is 0.419 e. The Morgan fingerprint density at radius 1 is 0.897 bits per heavy atom. The largest absolute Gasteiger partial charge is 0.505 e. The maximum atomic E-state index is 14.3. The van der Waals surface area contributed by atoms with Crippen molar-refractivity contribution in [3.05, 3.63) is 107 Å². The Morgan fingerprint density at radius 3 is 2.33 bits per heavy atom. The molecule has 3 N–H and O–H groups in total. The van der Waals surface area contributed by atoms with Crippen molar-refractivity contribution in [1.82, 2.24) is 0 Å². The topological polar surface area (TPSA) is 102 Å². The van der Waals surface area contributed by atoms with E-state index >= 15 is 0 Å². The summed E-state index contributed by atoms with van der Waals surface area (Å²) in [5.41, 5.74) is 2.43. The molecule has 0 aliphatic carbocycles. The van der Waals surface area contributed by atoms with Gasteiger partial charge >= 0.3 is 12.1 Å². The summed E-state index contributed by atoms with van der Waals surface area (Å²) in [6, 6.07) is 19.2. The van der Waals surface area contributed by atoms with Gasteiger partial charge in [-0.1, -0.05) is 42.5 Å². The molecule has 5 rings (SSSR count). The second-order valence-corrected chi connectivity index (χ2v) is 8.48. The maximum absolute atomic E-state index is 14.3. The molecule has 1 amide bonds. The second-order valence-electron chi connectivity index (χ2n) is 8.48. The van der Waals surface area contributed by atoms with E-state index in [1.165, 1.54) is 24.3 Å². The zero-order valence-corrected chi connectivity index (χ0v) is 19.7. The van der Waals surface area contributed by atoms with Crippen LogP contribution in [0.4, 0.5) is 34.6 Å². The van der Waals surface area contributed by atoms with Gasteiger partial charge in [0, 0.05) is 11.1 Å². The van der Waals surface area contributed by atoms with Crippen LogP contribution in [0.25, 0.3) is 11.1 Å². The molecule has 0 bridgehead atoms. The van der Waals surface area contributed by atoms with E-state index in [0.29, 0.717) is 28.8 Å². The highest BCUT2D eigenvalue weighted by atomic mass is 19.4. The van der Waals surface area contributed by atoms with Crippen LogP contribution in [0.3, 0.4) is 0 Å². The highest BCUT2D eigenvalue weighted by molar-refractivity contribution is 6.55. The Labute approximate surface area is 218 Å². The average Bonchev–Trinajstić information content (AvgIpc) is 3.18. The Bertz CT molecular complexity index is 1670. The monoisotopic (exact) mass is 535 g/mol. The normalized spacial score (nSPS) is 14.0. The summed E-state index contributed by atoms with van der Waals surface area (Å²) in [6.07, 6.45) is -4.89. The predicted molar refractivity (Wildman–Crippen MR) is 136 cm³/mol. The Balaban J connectivity index is 1.50. The zero-order valence-electron chi connectivity index (χ0n) is 19.7. The molecule has 39 heavy (non-hydrogen) atoms. The third-order valence-corrected chi connectivity index (χ3v) is 6.07. The molecule has 1 aliphatic rings. The number of hydrogen-bond donors (Lipinski definition) is 3. The van der Waals surface area contributed by atoms with Crippen molar-refractivity contribution in [3.63, 3.8) is 0 Å². The molecule has 0 radical (unpaired) electrons. The predicted octanol–water partition coefficient (Wildman–Crippen LogP) is 6.41. The van der Waals surface area contributed by atoms with Gasteiger partial charge in [0.2, 0.25) is 0 Å². The van der Waals surface area contributed by atoms with Crippen LogP contribution in [0.1, 0.15) is 21.5 Å². The van der Waals surface area contributed by atoms with Crippen molar-refractivity contribution in [1.29, 1.82) is 0 Å². The molecule has 1 aliphatic heterocycles. The third kappa shape index (κ3) is 4.65. The number of hydrogen-bond acceptors (Lipinski definition) is 5. The first-order valence-electron chi connectivity index (χ1n) is 11.4. The van der Waals surface area contributed by atoms with Crippen LogP contribution in [0.15, 0.2) is 90.0 Å². The van der Waals surface area contributed by atoms with E-state index in [0.717, 1.165) is 11.0 Å². The molecule has 7 nitrogen and oxygen atoms in total.